The summed E-state index contributed by atoms with van der Waals surface area (Å²) in [5.74, 6) is 0.617. The zero-order valence-corrected chi connectivity index (χ0v) is 8.56. The first-order valence-electron chi connectivity index (χ1n) is 5.12. The number of hydrogen-bond acceptors (Lipinski definition) is 3. The molecule has 0 bridgehead atoms. The highest BCUT2D eigenvalue weighted by Crippen LogP contribution is 2.16. The molecule has 1 fully saturated rings. The lowest BCUT2D eigenvalue weighted by Gasteiger charge is -2.14. The summed E-state index contributed by atoms with van der Waals surface area (Å²) in [5.41, 5.74) is 7.24. The molecule has 14 heavy (non-hydrogen) atoms. The van der Waals surface area contributed by atoms with E-state index >= 15 is 0 Å². The monoisotopic (exact) mass is 191 g/mol. The molecule has 1 aliphatic rings. The topological polar surface area (TPSA) is 42.2 Å². The molecule has 76 valence electrons. The average Bonchev–Trinajstić information content (AvgIpc) is 2.47. The molecular formula is C11H17N3. The van der Waals surface area contributed by atoms with Crippen molar-refractivity contribution in [3.63, 3.8) is 0 Å². The van der Waals surface area contributed by atoms with Gasteiger partial charge in [0.25, 0.3) is 0 Å². The van der Waals surface area contributed by atoms with Crippen molar-refractivity contribution in [1.29, 1.82) is 0 Å². The Kier molecular flexibility index (Phi) is 2.79. The maximum absolute atomic E-state index is 5.97. The van der Waals surface area contributed by atoms with Gasteiger partial charge in [-0.25, -0.2) is 0 Å². The molecule has 2 unspecified atom stereocenters. The molecule has 2 atom stereocenters. The van der Waals surface area contributed by atoms with Crippen LogP contribution in [-0.4, -0.2) is 29.0 Å². The minimum atomic E-state index is 0.340. The third-order valence-corrected chi connectivity index (χ3v) is 2.88. The Morgan fingerprint density at radius 2 is 2.43 bits per heavy atom. The molecule has 1 aromatic rings. The van der Waals surface area contributed by atoms with Crippen LogP contribution in [0.15, 0.2) is 24.5 Å². The Morgan fingerprint density at radius 1 is 1.57 bits per heavy atom. The molecule has 0 spiro atoms. The van der Waals surface area contributed by atoms with Gasteiger partial charge in [-0.1, -0.05) is 13.0 Å². The van der Waals surface area contributed by atoms with E-state index in [0.29, 0.717) is 12.0 Å². The van der Waals surface area contributed by atoms with Gasteiger partial charge in [0, 0.05) is 38.1 Å². The van der Waals surface area contributed by atoms with E-state index in [-0.39, 0.29) is 0 Å². The molecule has 1 aromatic heterocycles. The zero-order chi connectivity index (χ0) is 9.97. The van der Waals surface area contributed by atoms with Gasteiger partial charge in [0.05, 0.1) is 0 Å². The summed E-state index contributed by atoms with van der Waals surface area (Å²) in [5, 5.41) is 0. The lowest BCUT2D eigenvalue weighted by atomic mass is 10.1. The van der Waals surface area contributed by atoms with Gasteiger partial charge in [0.15, 0.2) is 0 Å². The van der Waals surface area contributed by atoms with Gasteiger partial charge < -0.3 is 5.73 Å². The van der Waals surface area contributed by atoms with Crippen LogP contribution in [0.25, 0.3) is 0 Å². The summed E-state index contributed by atoms with van der Waals surface area (Å²) >= 11 is 0. The van der Waals surface area contributed by atoms with E-state index in [0.717, 1.165) is 19.6 Å². The first-order chi connectivity index (χ1) is 6.75. The molecule has 2 N–H and O–H groups in total. The van der Waals surface area contributed by atoms with Gasteiger partial charge in [-0.05, 0) is 17.5 Å². The number of likely N-dealkylation sites (tertiary alicyclic amines) is 1. The van der Waals surface area contributed by atoms with Crippen molar-refractivity contribution in [2.75, 3.05) is 13.1 Å². The van der Waals surface area contributed by atoms with E-state index in [4.69, 9.17) is 5.73 Å². The summed E-state index contributed by atoms with van der Waals surface area (Å²) in [7, 11) is 0. The fourth-order valence-corrected chi connectivity index (χ4v) is 1.97. The second kappa shape index (κ2) is 4.07. The van der Waals surface area contributed by atoms with Gasteiger partial charge in [-0.3, -0.25) is 9.88 Å². The zero-order valence-electron chi connectivity index (χ0n) is 8.56. The molecule has 1 aliphatic heterocycles. The first kappa shape index (κ1) is 9.62. The molecule has 0 aromatic carbocycles. The van der Waals surface area contributed by atoms with Gasteiger partial charge in [0.2, 0.25) is 0 Å². The molecular weight excluding hydrogens is 174 g/mol. The summed E-state index contributed by atoms with van der Waals surface area (Å²) in [6.07, 6.45) is 3.73. The molecule has 0 aliphatic carbocycles. The molecule has 2 heterocycles. The number of nitrogens with zero attached hydrogens (tertiary/aromatic N) is 2. The van der Waals surface area contributed by atoms with Crippen LogP contribution in [-0.2, 0) is 6.54 Å². The van der Waals surface area contributed by atoms with Gasteiger partial charge in [-0.15, -0.1) is 0 Å². The Labute approximate surface area is 84.9 Å². The third-order valence-electron chi connectivity index (χ3n) is 2.88. The van der Waals surface area contributed by atoms with Crippen LogP contribution in [0, 0.1) is 5.92 Å². The van der Waals surface area contributed by atoms with Crippen LogP contribution in [0.3, 0.4) is 0 Å². The lowest BCUT2D eigenvalue weighted by Crippen LogP contribution is -2.28. The van der Waals surface area contributed by atoms with Gasteiger partial charge >= 0.3 is 0 Å². The summed E-state index contributed by atoms with van der Waals surface area (Å²) in [6, 6.07) is 4.43. The number of aromatic nitrogens is 1. The van der Waals surface area contributed by atoms with Crippen LogP contribution >= 0.6 is 0 Å². The normalized spacial score (nSPS) is 28.1. The highest BCUT2D eigenvalue weighted by Gasteiger charge is 2.26. The maximum Gasteiger partial charge on any atom is 0.0312 e. The summed E-state index contributed by atoms with van der Waals surface area (Å²) in [4.78, 5) is 6.50. The minimum absolute atomic E-state index is 0.340. The van der Waals surface area contributed by atoms with E-state index in [2.05, 4.69) is 22.9 Å². The van der Waals surface area contributed by atoms with Crippen molar-refractivity contribution in [2.45, 2.75) is 19.5 Å². The Hall–Kier alpha value is -0.930. The minimum Gasteiger partial charge on any atom is -0.326 e. The van der Waals surface area contributed by atoms with Crippen LogP contribution in [0.1, 0.15) is 12.5 Å². The second-order valence-electron chi connectivity index (χ2n) is 4.20. The maximum atomic E-state index is 5.97. The smallest absolute Gasteiger partial charge is 0.0312 e. The van der Waals surface area contributed by atoms with Crippen molar-refractivity contribution in [1.82, 2.24) is 9.88 Å². The Morgan fingerprint density at radius 3 is 3.00 bits per heavy atom. The van der Waals surface area contributed by atoms with E-state index in [1.165, 1.54) is 5.56 Å². The molecule has 1 saturated heterocycles. The van der Waals surface area contributed by atoms with Crippen molar-refractivity contribution in [3.8, 4) is 0 Å². The highest BCUT2D eigenvalue weighted by molar-refractivity contribution is 5.08. The second-order valence-corrected chi connectivity index (χ2v) is 4.20. The molecule has 3 heteroatoms. The van der Waals surface area contributed by atoms with Crippen LogP contribution in [0.4, 0.5) is 0 Å². The fourth-order valence-electron chi connectivity index (χ4n) is 1.97. The van der Waals surface area contributed by atoms with E-state index < -0.39 is 0 Å². The Bertz CT molecular complexity index is 276. The number of nitrogens with two attached hydrogens (primary N) is 1. The predicted octanol–water partition coefficient (Wildman–Crippen LogP) is 0.861. The van der Waals surface area contributed by atoms with Crippen LogP contribution in [0.2, 0.25) is 0 Å². The predicted molar refractivity (Wildman–Crippen MR) is 56.7 cm³/mol. The highest BCUT2D eigenvalue weighted by atomic mass is 15.2. The molecule has 3 nitrogen and oxygen atoms in total. The first-order valence-corrected chi connectivity index (χ1v) is 5.12. The molecule has 2 rings (SSSR count). The van der Waals surface area contributed by atoms with Gasteiger partial charge in [0.1, 0.15) is 0 Å². The number of pyridine rings is 1. The van der Waals surface area contributed by atoms with Crippen molar-refractivity contribution >= 4 is 0 Å². The van der Waals surface area contributed by atoms with E-state index in [9.17, 15) is 0 Å². The van der Waals surface area contributed by atoms with Gasteiger partial charge in [-0.2, -0.15) is 0 Å². The number of hydrogen-bond donors (Lipinski definition) is 1. The quantitative estimate of drug-likeness (QED) is 0.754. The fraction of sp³-hybridized carbons (Fsp3) is 0.545. The van der Waals surface area contributed by atoms with Crippen LogP contribution < -0.4 is 5.73 Å². The molecule has 0 saturated carbocycles. The lowest BCUT2D eigenvalue weighted by molar-refractivity contribution is 0.318. The largest absolute Gasteiger partial charge is 0.326 e. The van der Waals surface area contributed by atoms with Crippen LogP contribution in [0.5, 0.6) is 0 Å². The molecule has 0 amide bonds. The van der Waals surface area contributed by atoms with E-state index in [1.807, 2.05) is 18.5 Å². The van der Waals surface area contributed by atoms with Crippen molar-refractivity contribution in [3.05, 3.63) is 30.1 Å². The van der Waals surface area contributed by atoms with Crippen molar-refractivity contribution in [2.24, 2.45) is 11.7 Å². The standard InChI is InChI=1S/C11H17N3/c1-9-6-14(8-11(9)12)7-10-3-2-4-13-5-10/h2-5,9,11H,6-8,12H2,1H3. The number of rotatable bonds is 2. The summed E-state index contributed by atoms with van der Waals surface area (Å²) < 4.78 is 0. The summed E-state index contributed by atoms with van der Waals surface area (Å²) in [6.45, 7) is 5.31. The SMILES string of the molecule is CC1CN(Cc2cccnc2)CC1N. The molecule has 0 radical (unpaired) electrons. The third kappa shape index (κ3) is 2.11. The Balaban J connectivity index is 1.94. The van der Waals surface area contributed by atoms with E-state index in [1.54, 1.807) is 0 Å². The van der Waals surface area contributed by atoms with Crippen molar-refractivity contribution < 1.29 is 0 Å². The average molecular weight is 191 g/mol.